The molecule has 1 amide bonds. The van der Waals surface area contributed by atoms with Crippen LogP contribution in [0.15, 0.2) is 18.2 Å². The van der Waals surface area contributed by atoms with Crippen LogP contribution in [0, 0.1) is 10.1 Å². The van der Waals surface area contributed by atoms with Crippen molar-refractivity contribution in [1.82, 2.24) is 25.5 Å². The Kier molecular flexibility index (Phi) is 5.22. The van der Waals surface area contributed by atoms with Crippen LogP contribution in [0.3, 0.4) is 0 Å². The molecule has 132 valence electrons. The molecule has 10 heteroatoms. The van der Waals surface area contributed by atoms with Gasteiger partial charge in [0.25, 0.3) is 11.6 Å². The zero-order valence-corrected chi connectivity index (χ0v) is 14.1. The summed E-state index contributed by atoms with van der Waals surface area (Å²) < 4.78 is 1.76. The molecule has 0 aliphatic heterocycles. The van der Waals surface area contributed by atoms with Gasteiger partial charge in [-0.3, -0.25) is 14.9 Å². The molecule has 1 fully saturated rings. The quantitative estimate of drug-likeness (QED) is 0.644. The van der Waals surface area contributed by atoms with Crippen LogP contribution in [0.1, 0.15) is 54.3 Å². The first-order valence-corrected chi connectivity index (χ1v) is 8.43. The van der Waals surface area contributed by atoms with Crippen molar-refractivity contribution in [2.45, 2.75) is 44.7 Å². The van der Waals surface area contributed by atoms with Gasteiger partial charge in [-0.15, -0.1) is 5.10 Å². The fourth-order valence-electron chi connectivity index (χ4n) is 2.99. The Morgan fingerprint density at radius 3 is 2.84 bits per heavy atom. The number of carbonyl (C=O) groups excluding carboxylic acids is 1. The second kappa shape index (κ2) is 7.56. The molecule has 0 radical (unpaired) electrons. The van der Waals surface area contributed by atoms with E-state index in [1.165, 1.54) is 18.6 Å². The molecule has 3 rings (SSSR count). The number of halogens is 1. The van der Waals surface area contributed by atoms with E-state index >= 15 is 0 Å². The van der Waals surface area contributed by atoms with Gasteiger partial charge in [0.2, 0.25) is 0 Å². The topological polar surface area (TPSA) is 116 Å². The van der Waals surface area contributed by atoms with E-state index in [-0.39, 0.29) is 28.9 Å². The first-order valence-electron chi connectivity index (χ1n) is 8.05. The summed E-state index contributed by atoms with van der Waals surface area (Å²) >= 11 is 5.98. The molecule has 1 aliphatic carbocycles. The van der Waals surface area contributed by atoms with Crippen LogP contribution in [0.4, 0.5) is 5.69 Å². The van der Waals surface area contributed by atoms with E-state index in [0.29, 0.717) is 5.82 Å². The smallest absolute Gasteiger partial charge is 0.270 e. The van der Waals surface area contributed by atoms with Gasteiger partial charge in [0, 0.05) is 12.1 Å². The summed E-state index contributed by atoms with van der Waals surface area (Å²) in [5.41, 5.74) is -0.144. The van der Waals surface area contributed by atoms with E-state index in [1.807, 2.05) is 0 Å². The van der Waals surface area contributed by atoms with Gasteiger partial charge in [0.05, 0.1) is 28.1 Å². The molecule has 1 aromatic heterocycles. The molecule has 0 spiro atoms. The van der Waals surface area contributed by atoms with E-state index in [2.05, 4.69) is 20.8 Å². The number of amides is 1. The van der Waals surface area contributed by atoms with Crippen LogP contribution in [-0.4, -0.2) is 31.0 Å². The van der Waals surface area contributed by atoms with Crippen molar-refractivity contribution >= 4 is 23.2 Å². The lowest BCUT2D eigenvalue weighted by atomic mass is 9.95. The molecule has 2 aromatic rings. The Hall–Kier alpha value is -2.55. The number of nitrogens with zero attached hydrogens (tertiary/aromatic N) is 5. The number of benzene rings is 1. The number of tetrazole rings is 1. The second-order valence-electron chi connectivity index (χ2n) is 5.94. The minimum Gasteiger partial charge on any atom is -0.345 e. The van der Waals surface area contributed by atoms with E-state index in [0.717, 1.165) is 31.7 Å². The van der Waals surface area contributed by atoms with Gasteiger partial charge in [-0.25, -0.2) is 4.68 Å². The van der Waals surface area contributed by atoms with Gasteiger partial charge in [0.1, 0.15) is 0 Å². The number of hydrogen-bond donors (Lipinski definition) is 1. The zero-order chi connectivity index (χ0) is 17.8. The zero-order valence-electron chi connectivity index (χ0n) is 13.4. The maximum Gasteiger partial charge on any atom is 0.270 e. The highest BCUT2D eigenvalue weighted by Crippen LogP contribution is 2.28. The van der Waals surface area contributed by atoms with Gasteiger partial charge in [-0.05, 0) is 29.3 Å². The van der Waals surface area contributed by atoms with Crippen molar-refractivity contribution in [3.05, 3.63) is 44.7 Å². The predicted molar refractivity (Wildman–Crippen MR) is 89.2 cm³/mol. The predicted octanol–water partition coefficient (Wildman–Crippen LogP) is 2.67. The average molecular weight is 365 g/mol. The molecular weight excluding hydrogens is 348 g/mol. The van der Waals surface area contributed by atoms with E-state index < -0.39 is 10.8 Å². The third-order valence-electron chi connectivity index (χ3n) is 4.29. The van der Waals surface area contributed by atoms with Crippen LogP contribution < -0.4 is 5.32 Å². The molecule has 1 aliphatic rings. The number of aromatic nitrogens is 4. The highest BCUT2D eigenvalue weighted by molar-refractivity contribution is 6.33. The molecule has 1 aromatic carbocycles. The number of rotatable bonds is 5. The maximum atomic E-state index is 12.3. The first-order chi connectivity index (χ1) is 12.1. The SMILES string of the molecule is O=C(NCc1nnnn1C1CCCCC1)c1cc([N+](=O)[O-])ccc1Cl. The molecule has 1 saturated carbocycles. The summed E-state index contributed by atoms with van der Waals surface area (Å²) in [5.74, 6) is 0.0497. The lowest BCUT2D eigenvalue weighted by molar-refractivity contribution is -0.384. The standard InChI is InChI=1S/C15H17ClN6O3/c16-13-7-6-11(22(24)25)8-12(13)15(23)17-9-14-18-19-20-21(14)10-4-2-1-3-5-10/h6-8,10H,1-5,9H2,(H,17,23). The van der Waals surface area contributed by atoms with E-state index in [1.54, 1.807) is 4.68 Å². The van der Waals surface area contributed by atoms with E-state index in [9.17, 15) is 14.9 Å². The summed E-state index contributed by atoms with van der Waals surface area (Å²) in [6.45, 7) is 0.126. The fraction of sp³-hybridized carbons (Fsp3) is 0.467. The Balaban J connectivity index is 1.70. The summed E-state index contributed by atoms with van der Waals surface area (Å²) in [6, 6.07) is 3.99. The molecule has 0 atom stereocenters. The van der Waals surface area contributed by atoms with Crippen LogP contribution in [0.5, 0.6) is 0 Å². The minimum atomic E-state index is -0.573. The number of nitro groups is 1. The summed E-state index contributed by atoms with van der Waals surface area (Å²) in [6.07, 6.45) is 5.53. The number of non-ortho nitro benzene ring substituents is 1. The van der Waals surface area contributed by atoms with Crippen LogP contribution >= 0.6 is 11.6 Å². The Morgan fingerprint density at radius 2 is 2.12 bits per heavy atom. The summed E-state index contributed by atoms with van der Waals surface area (Å²) in [4.78, 5) is 22.6. The number of nitro benzene ring substituents is 1. The second-order valence-corrected chi connectivity index (χ2v) is 6.34. The van der Waals surface area contributed by atoms with Gasteiger partial charge in [-0.1, -0.05) is 30.9 Å². The van der Waals surface area contributed by atoms with Crippen molar-refractivity contribution < 1.29 is 9.72 Å². The Labute approximate surface area is 148 Å². The Morgan fingerprint density at radius 1 is 1.36 bits per heavy atom. The van der Waals surface area contributed by atoms with Crippen molar-refractivity contribution in [1.29, 1.82) is 0 Å². The van der Waals surface area contributed by atoms with Gasteiger partial charge in [0.15, 0.2) is 5.82 Å². The van der Waals surface area contributed by atoms with E-state index in [4.69, 9.17) is 11.6 Å². The first kappa shape index (κ1) is 17.3. The molecule has 25 heavy (non-hydrogen) atoms. The molecule has 0 bridgehead atoms. The minimum absolute atomic E-state index is 0.0487. The maximum absolute atomic E-state index is 12.3. The average Bonchev–Trinajstić information content (AvgIpc) is 3.09. The Bertz CT molecular complexity index is 787. The lowest BCUT2D eigenvalue weighted by Crippen LogP contribution is -2.26. The number of nitrogens with one attached hydrogen (secondary N) is 1. The van der Waals surface area contributed by atoms with Crippen molar-refractivity contribution in [3.63, 3.8) is 0 Å². The lowest BCUT2D eigenvalue weighted by Gasteiger charge is -2.22. The van der Waals surface area contributed by atoms with Gasteiger partial charge >= 0.3 is 0 Å². The number of hydrogen-bond acceptors (Lipinski definition) is 6. The molecule has 0 unspecified atom stereocenters. The molecule has 1 N–H and O–H groups in total. The molecule has 0 saturated heterocycles. The van der Waals surface area contributed by atoms with Crippen LogP contribution in [0.2, 0.25) is 5.02 Å². The van der Waals surface area contributed by atoms with Crippen LogP contribution in [-0.2, 0) is 6.54 Å². The van der Waals surface area contributed by atoms with Crippen molar-refractivity contribution in [2.75, 3.05) is 0 Å². The largest absolute Gasteiger partial charge is 0.345 e. The monoisotopic (exact) mass is 364 g/mol. The molecular formula is C15H17ClN6O3. The van der Waals surface area contributed by atoms with Gasteiger partial charge < -0.3 is 5.32 Å². The number of carbonyl (C=O) groups is 1. The summed E-state index contributed by atoms with van der Waals surface area (Å²) in [7, 11) is 0. The van der Waals surface area contributed by atoms with Crippen molar-refractivity contribution in [2.24, 2.45) is 0 Å². The highest BCUT2D eigenvalue weighted by Gasteiger charge is 2.21. The van der Waals surface area contributed by atoms with Crippen LogP contribution in [0.25, 0.3) is 0 Å². The van der Waals surface area contributed by atoms with Crippen molar-refractivity contribution in [3.8, 4) is 0 Å². The highest BCUT2D eigenvalue weighted by atomic mass is 35.5. The van der Waals surface area contributed by atoms with Gasteiger partial charge in [-0.2, -0.15) is 0 Å². The third-order valence-corrected chi connectivity index (χ3v) is 4.62. The molecule has 9 nitrogen and oxygen atoms in total. The molecule has 1 heterocycles. The summed E-state index contributed by atoms with van der Waals surface area (Å²) in [5, 5.41) is 25.4. The third kappa shape index (κ3) is 3.93. The fourth-order valence-corrected chi connectivity index (χ4v) is 3.20. The normalized spacial score (nSPS) is 15.1.